The number of aryl methyl sites for hydroxylation is 1. The first-order valence-corrected chi connectivity index (χ1v) is 8.09. The van der Waals surface area contributed by atoms with Gasteiger partial charge in [0.15, 0.2) is 0 Å². The Morgan fingerprint density at radius 1 is 0.818 bits per heavy atom. The quantitative estimate of drug-likeness (QED) is 0.773. The van der Waals surface area contributed by atoms with Crippen molar-refractivity contribution in [3.8, 4) is 0 Å². The Kier molecular flexibility index (Phi) is 6.15. The summed E-state index contributed by atoms with van der Waals surface area (Å²) in [5.74, 6) is -0.138. The van der Waals surface area contributed by atoms with Crippen molar-refractivity contribution >= 4 is 39.1 Å². The summed E-state index contributed by atoms with van der Waals surface area (Å²) in [6, 6.07) is 17.0. The number of rotatable bonds is 6. The number of benzene rings is 2. The van der Waals surface area contributed by atoms with Crippen LogP contribution in [0.5, 0.6) is 0 Å². The third-order valence-electron chi connectivity index (χ3n) is 3.06. The fourth-order valence-corrected chi connectivity index (χ4v) is 2.10. The molecular weight excluding hydrogens is 344 g/mol. The maximum absolute atomic E-state index is 11.9. The van der Waals surface area contributed by atoms with E-state index in [1.54, 1.807) is 24.3 Å². The zero-order chi connectivity index (χ0) is 15.8. The third-order valence-corrected chi connectivity index (χ3v) is 3.57. The summed E-state index contributed by atoms with van der Waals surface area (Å²) in [6.45, 7) is 0. The predicted molar refractivity (Wildman–Crippen MR) is 92.3 cm³/mol. The van der Waals surface area contributed by atoms with Gasteiger partial charge in [0.1, 0.15) is 0 Å². The number of hydrogen-bond donors (Lipinski definition) is 2. The van der Waals surface area contributed by atoms with Gasteiger partial charge in [-0.25, -0.2) is 0 Å². The maximum Gasteiger partial charge on any atom is 0.235 e. The van der Waals surface area contributed by atoms with Crippen molar-refractivity contribution in [3.05, 3.63) is 60.2 Å². The van der Waals surface area contributed by atoms with Crippen LogP contribution in [0.3, 0.4) is 0 Å². The lowest BCUT2D eigenvalue weighted by Gasteiger charge is -2.07. The van der Waals surface area contributed by atoms with Crippen molar-refractivity contribution in [2.75, 3.05) is 16.0 Å². The molecule has 2 aromatic rings. The molecule has 2 N–H and O–H groups in total. The topological polar surface area (TPSA) is 58.2 Å². The summed E-state index contributed by atoms with van der Waals surface area (Å²) < 4.78 is 0. The highest BCUT2D eigenvalue weighted by atomic mass is 79.9. The van der Waals surface area contributed by atoms with Crippen LogP contribution in [-0.2, 0) is 16.0 Å². The van der Waals surface area contributed by atoms with Gasteiger partial charge in [-0.3, -0.25) is 9.59 Å². The number of nitrogens with one attached hydrogen (secondary N) is 2. The van der Waals surface area contributed by atoms with Gasteiger partial charge in [0.2, 0.25) is 11.8 Å². The second-order valence-corrected chi connectivity index (χ2v) is 5.35. The molecule has 0 aliphatic carbocycles. The van der Waals surface area contributed by atoms with Crippen molar-refractivity contribution in [1.29, 1.82) is 0 Å². The minimum absolute atomic E-state index is 0.0268. The zero-order valence-corrected chi connectivity index (χ0v) is 13.6. The summed E-state index contributed by atoms with van der Waals surface area (Å²) in [6.07, 6.45) is 1.15. The summed E-state index contributed by atoms with van der Waals surface area (Å²) in [5.41, 5.74) is 2.56. The van der Waals surface area contributed by atoms with Gasteiger partial charge in [0, 0.05) is 17.8 Å². The van der Waals surface area contributed by atoms with E-state index < -0.39 is 0 Å². The molecule has 0 spiro atoms. The molecule has 2 rings (SSSR count). The van der Waals surface area contributed by atoms with Gasteiger partial charge in [0.05, 0.1) is 5.33 Å². The Balaban J connectivity index is 1.82. The van der Waals surface area contributed by atoms with Crippen molar-refractivity contribution in [3.63, 3.8) is 0 Å². The molecule has 0 unspecified atom stereocenters. The Hall–Kier alpha value is -2.14. The molecule has 0 aliphatic heterocycles. The molecule has 5 heteroatoms. The van der Waals surface area contributed by atoms with Crippen LogP contribution in [0.25, 0.3) is 0 Å². The van der Waals surface area contributed by atoms with Gasteiger partial charge in [-0.1, -0.05) is 46.3 Å². The van der Waals surface area contributed by atoms with Crippen LogP contribution < -0.4 is 10.6 Å². The number of carbonyl (C=O) groups is 2. The second kappa shape index (κ2) is 8.34. The predicted octanol–water partition coefficient (Wildman–Crippen LogP) is 3.59. The summed E-state index contributed by atoms with van der Waals surface area (Å²) in [4.78, 5) is 23.1. The van der Waals surface area contributed by atoms with Crippen LogP contribution in [0.4, 0.5) is 11.4 Å². The van der Waals surface area contributed by atoms with Crippen molar-refractivity contribution in [2.24, 2.45) is 0 Å². The van der Waals surface area contributed by atoms with Gasteiger partial charge in [0.25, 0.3) is 0 Å². The SMILES string of the molecule is O=C(CBr)Nc1ccc(NC(=O)CCc2ccccc2)cc1. The number of amides is 2. The Bertz CT molecular complexity index is 627. The molecule has 4 nitrogen and oxygen atoms in total. The van der Waals surface area contributed by atoms with E-state index in [2.05, 4.69) is 26.6 Å². The van der Waals surface area contributed by atoms with Crippen LogP contribution in [-0.4, -0.2) is 17.1 Å². The highest BCUT2D eigenvalue weighted by Gasteiger charge is 2.04. The lowest BCUT2D eigenvalue weighted by molar-refractivity contribution is -0.116. The van der Waals surface area contributed by atoms with Crippen molar-refractivity contribution in [2.45, 2.75) is 12.8 Å². The normalized spacial score (nSPS) is 10.0. The average molecular weight is 361 g/mol. The molecule has 0 radical (unpaired) electrons. The summed E-state index contributed by atoms with van der Waals surface area (Å²) in [7, 11) is 0. The van der Waals surface area contributed by atoms with Crippen LogP contribution in [0.1, 0.15) is 12.0 Å². The van der Waals surface area contributed by atoms with Crippen LogP contribution in [0, 0.1) is 0 Å². The molecule has 0 atom stereocenters. The first kappa shape index (κ1) is 16.2. The van der Waals surface area contributed by atoms with E-state index >= 15 is 0 Å². The first-order valence-electron chi connectivity index (χ1n) is 6.97. The Morgan fingerprint density at radius 2 is 1.36 bits per heavy atom. The molecule has 0 saturated carbocycles. The number of anilines is 2. The van der Waals surface area contributed by atoms with E-state index in [1.165, 1.54) is 0 Å². The van der Waals surface area contributed by atoms with E-state index in [0.29, 0.717) is 18.5 Å². The van der Waals surface area contributed by atoms with Gasteiger partial charge < -0.3 is 10.6 Å². The van der Waals surface area contributed by atoms with Crippen molar-refractivity contribution < 1.29 is 9.59 Å². The molecule has 2 amide bonds. The molecule has 0 fully saturated rings. The number of halogens is 1. The molecule has 0 aromatic heterocycles. The fraction of sp³-hybridized carbons (Fsp3) is 0.176. The Labute approximate surface area is 138 Å². The highest BCUT2D eigenvalue weighted by Crippen LogP contribution is 2.14. The lowest BCUT2D eigenvalue weighted by atomic mass is 10.1. The Morgan fingerprint density at radius 3 is 1.91 bits per heavy atom. The number of alkyl halides is 1. The molecule has 0 aliphatic rings. The minimum Gasteiger partial charge on any atom is -0.326 e. The van der Waals surface area contributed by atoms with E-state index in [9.17, 15) is 9.59 Å². The van der Waals surface area contributed by atoms with Gasteiger partial charge in [-0.05, 0) is 36.2 Å². The molecule has 0 bridgehead atoms. The molecule has 0 heterocycles. The smallest absolute Gasteiger partial charge is 0.235 e. The largest absolute Gasteiger partial charge is 0.326 e. The number of carbonyl (C=O) groups excluding carboxylic acids is 2. The standard InChI is InChI=1S/C17H17BrN2O2/c18-12-17(22)20-15-9-7-14(8-10-15)19-16(21)11-6-13-4-2-1-3-5-13/h1-5,7-10H,6,11-12H2,(H,19,21)(H,20,22). The zero-order valence-electron chi connectivity index (χ0n) is 12.0. The number of hydrogen-bond acceptors (Lipinski definition) is 2. The van der Waals surface area contributed by atoms with E-state index in [-0.39, 0.29) is 17.1 Å². The minimum atomic E-state index is -0.111. The monoisotopic (exact) mass is 360 g/mol. The van der Waals surface area contributed by atoms with Gasteiger partial charge >= 0.3 is 0 Å². The lowest BCUT2D eigenvalue weighted by Crippen LogP contribution is -2.13. The fourth-order valence-electron chi connectivity index (χ4n) is 1.96. The maximum atomic E-state index is 11.9. The van der Waals surface area contributed by atoms with E-state index in [4.69, 9.17) is 0 Å². The van der Waals surface area contributed by atoms with Crippen LogP contribution >= 0.6 is 15.9 Å². The van der Waals surface area contributed by atoms with Gasteiger partial charge in [-0.15, -0.1) is 0 Å². The average Bonchev–Trinajstić information content (AvgIpc) is 2.55. The summed E-state index contributed by atoms with van der Waals surface area (Å²) >= 11 is 3.09. The van der Waals surface area contributed by atoms with E-state index in [1.807, 2.05) is 30.3 Å². The molecule has 0 saturated heterocycles. The molecule has 22 heavy (non-hydrogen) atoms. The van der Waals surface area contributed by atoms with Crippen LogP contribution in [0.15, 0.2) is 54.6 Å². The van der Waals surface area contributed by atoms with Crippen molar-refractivity contribution in [1.82, 2.24) is 0 Å². The van der Waals surface area contributed by atoms with Gasteiger partial charge in [-0.2, -0.15) is 0 Å². The first-order chi connectivity index (χ1) is 10.7. The van der Waals surface area contributed by atoms with Crippen LogP contribution in [0.2, 0.25) is 0 Å². The molecule has 114 valence electrons. The van der Waals surface area contributed by atoms with E-state index in [0.717, 1.165) is 11.3 Å². The third kappa shape index (κ3) is 5.33. The molecule has 2 aromatic carbocycles. The molecular formula is C17H17BrN2O2. The second-order valence-electron chi connectivity index (χ2n) is 4.79. The highest BCUT2D eigenvalue weighted by molar-refractivity contribution is 9.09. The summed E-state index contributed by atoms with van der Waals surface area (Å²) in [5, 5.41) is 5.82.